The van der Waals surface area contributed by atoms with Crippen LogP contribution >= 0.6 is 0 Å². The van der Waals surface area contributed by atoms with Crippen molar-refractivity contribution in [3.05, 3.63) is 101 Å². The quantitative estimate of drug-likeness (QED) is 0.143. The Morgan fingerprint density at radius 1 is 1.00 bits per heavy atom. The smallest absolute Gasteiger partial charge is 0.269 e. The van der Waals surface area contributed by atoms with Crippen LogP contribution in [-0.2, 0) is 33.9 Å². The van der Waals surface area contributed by atoms with E-state index in [2.05, 4.69) is 38.9 Å². The number of rotatable bonds is 7. The number of aryl methyl sites for hydroxylation is 1. The topological polar surface area (TPSA) is 159 Å². The summed E-state index contributed by atoms with van der Waals surface area (Å²) in [7, 11) is 1.82. The minimum absolute atomic E-state index is 0.0765. The average Bonchev–Trinajstić information content (AvgIpc) is 3.73. The number of aromatic nitrogens is 4. The number of imide groups is 1. The van der Waals surface area contributed by atoms with Crippen molar-refractivity contribution >= 4 is 40.3 Å². The monoisotopic (exact) mass is 734 g/mol. The second-order valence-corrected chi connectivity index (χ2v) is 14.0. The Morgan fingerprint density at radius 2 is 1.82 bits per heavy atom. The van der Waals surface area contributed by atoms with Gasteiger partial charge in [0.15, 0.2) is 0 Å². The van der Waals surface area contributed by atoms with Crippen LogP contribution in [0.5, 0.6) is 0 Å². The second-order valence-electron chi connectivity index (χ2n) is 14.0. The van der Waals surface area contributed by atoms with Gasteiger partial charge in [0.1, 0.15) is 23.6 Å². The van der Waals surface area contributed by atoms with E-state index in [4.69, 9.17) is 9.97 Å². The van der Waals surface area contributed by atoms with Crippen molar-refractivity contribution in [2.24, 2.45) is 0 Å². The summed E-state index contributed by atoms with van der Waals surface area (Å²) in [5.74, 6) is 5.80. The van der Waals surface area contributed by atoms with Crippen molar-refractivity contribution in [3.63, 3.8) is 0 Å². The van der Waals surface area contributed by atoms with E-state index < -0.39 is 11.9 Å². The predicted molar refractivity (Wildman–Crippen MR) is 203 cm³/mol. The van der Waals surface area contributed by atoms with E-state index in [-0.39, 0.29) is 48.3 Å². The van der Waals surface area contributed by atoms with Gasteiger partial charge in [0.05, 0.1) is 23.6 Å². The number of piperidine rings is 1. The first-order chi connectivity index (χ1) is 26.6. The molecule has 2 atom stereocenters. The summed E-state index contributed by atoms with van der Waals surface area (Å²) in [6.45, 7) is 5.00. The Balaban J connectivity index is 0.914. The summed E-state index contributed by atoms with van der Waals surface area (Å²) in [4.78, 5) is 80.2. The van der Waals surface area contributed by atoms with Gasteiger partial charge in [-0.3, -0.25) is 39.3 Å². The zero-order valence-corrected chi connectivity index (χ0v) is 30.7. The SMILES string of the molecule is CCc1nc(-c2cccc3cc(-c4ccc(C(=O)NCCC#Cc5cccc6c5CN(C5CCC(=O)NC5=O)C6=O)nc4)ncc23)c2n1C(C)C(=O)N(C)C2. The number of imidazole rings is 1. The molecule has 0 radical (unpaired) electrons. The van der Waals surface area contributed by atoms with E-state index in [0.717, 1.165) is 44.7 Å². The van der Waals surface area contributed by atoms with Crippen LogP contribution < -0.4 is 10.6 Å². The Morgan fingerprint density at radius 3 is 2.60 bits per heavy atom. The molecule has 0 saturated carbocycles. The maximum Gasteiger partial charge on any atom is 0.269 e. The van der Waals surface area contributed by atoms with E-state index in [1.54, 1.807) is 29.3 Å². The molecule has 8 rings (SSSR count). The fourth-order valence-electron chi connectivity index (χ4n) is 7.73. The van der Waals surface area contributed by atoms with Crippen LogP contribution in [0.4, 0.5) is 0 Å². The van der Waals surface area contributed by atoms with Crippen molar-refractivity contribution in [1.29, 1.82) is 0 Å². The van der Waals surface area contributed by atoms with Crippen LogP contribution in [0.2, 0.25) is 0 Å². The summed E-state index contributed by atoms with van der Waals surface area (Å²) < 4.78 is 2.08. The Kier molecular flexibility index (Phi) is 9.18. The Bertz CT molecular complexity index is 2500. The average molecular weight is 735 g/mol. The molecule has 5 amide bonds. The first kappa shape index (κ1) is 35.4. The normalized spacial score (nSPS) is 17.8. The molecule has 2 unspecified atom stereocenters. The molecular formula is C42H38N8O5. The second kappa shape index (κ2) is 14.3. The van der Waals surface area contributed by atoms with Gasteiger partial charge >= 0.3 is 0 Å². The summed E-state index contributed by atoms with van der Waals surface area (Å²) in [6.07, 6.45) is 5.05. The lowest BCUT2D eigenvalue weighted by atomic mass is 10.0. The van der Waals surface area contributed by atoms with Crippen molar-refractivity contribution in [2.45, 2.75) is 64.7 Å². The molecule has 276 valence electrons. The van der Waals surface area contributed by atoms with Crippen molar-refractivity contribution < 1.29 is 24.0 Å². The number of likely N-dealkylation sites (N-methyl/N-ethyl adjacent to an activating group) is 1. The van der Waals surface area contributed by atoms with Gasteiger partial charge in [0.25, 0.3) is 11.8 Å². The number of carbonyl (C=O) groups is 5. The highest BCUT2D eigenvalue weighted by atomic mass is 16.2. The maximum atomic E-state index is 13.1. The zero-order chi connectivity index (χ0) is 38.4. The van der Waals surface area contributed by atoms with Crippen molar-refractivity contribution in [3.8, 4) is 34.4 Å². The number of hydrogen-bond acceptors (Lipinski definition) is 8. The predicted octanol–water partition coefficient (Wildman–Crippen LogP) is 4.19. The summed E-state index contributed by atoms with van der Waals surface area (Å²) in [5.41, 5.74) is 6.54. The summed E-state index contributed by atoms with van der Waals surface area (Å²) >= 11 is 0. The highest BCUT2D eigenvalue weighted by Gasteiger charge is 2.40. The third-order valence-electron chi connectivity index (χ3n) is 10.6. The van der Waals surface area contributed by atoms with E-state index in [1.807, 2.05) is 56.6 Å². The molecular weight excluding hydrogens is 697 g/mol. The zero-order valence-electron chi connectivity index (χ0n) is 30.7. The molecule has 5 aromatic rings. The number of benzene rings is 2. The third-order valence-corrected chi connectivity index (χ3v) is 10.6. The molecule has 6 heterocycles. The van der Waals surface area contributed by atoms with Crippen molar-refractivity contribution in [2.75, 3.05) is 13.6 Å². The summed E-state index contributed by atoms with van der Waals surface area (Å²) in [5, 5.41) is 7.12. The van der Waals surface area contributed by atoms with E-state index in [1.165, 1.54) is 4.90 Å². The number of carbonyl (C=O) groups excluding carboxylic acids is 5. The largest absolute Gasteiger partial charge is 0.350 e. The van der Waals surface area contributed by atoms with E-state index in [9.17, 15) is 24.0 Å². The first-order valence-electron chi connectivity index (χ1n) is 18.4. The van der Waals surface area contributed by atoms with Crippen LogP contribution in [0.3, 0.4) is 0 Å². The molecule has 3 aliphatic rings. The standard InChI is InChI=1S/C42H38N8O5/c1-4-36-46-38(35-23-48(3)41(54)24(2)50(35)36)28-12-8-11-26-19-33(45-21-30(26)28)27-14-15-32(44-20-27)39(52)43-18-6-5-9-25-10-7-13-29-31(25)22-49(42(29)55)34-16-17-37(51)47-40(34)53/h7-8,10-15,19-21,24,34H,4,6,16-18,22-23H2,1-3H3,(H,43,52)(H,47,51,53). The van der Waals surface area contributed by atoms with Gasteiger partial charge in [0, 0.05) is 79.4 Å². The number of pyridine rings is 2. The van der Waals surface area contributed by atoms with Gasteiger partial charge in [0.2, 0.25) is 17.7 Å². The summed E-state index contributed by atoms with van der Waals surface area (Å²) in [6, 6.07) is 15.9. The lowest BCUT2D eigenvalue weighted by molar-refractivity contribution is -0.137. The molecule has 3 aliphatic heterocycles. The maximum absolute atomic E-state index is 13.1. The minimum Gasteiger partial charge on any atom is -0.350 e. The molecule has 1 fully saturated rings. The Labute approximate surface area is 317 Å². The molecule has 13 nitrogen and oxygen atoms in total. The third kappa shape index (κ3) is 6.39. The molecule has 2 aromatic carbocycles. The molecule has 0 spiro atoms. The fraction of sp³-hybridized carbons (Fsp3) is 0.286. The van der Waals surface area contributed by atoms with Crippen LogP contribution in [-0.4, -0.2) is 78.5 Å². The lowest BCUT2D eigenvalue weighted by Gasteiger charge is -2.31. The van der Waals surface area contributed by atoms with Gasteiger partial charge < -0.3 is 19.7 Å². The van der Waals surface area contributed by atoms with E-state index in [0.29, 0.717) is 49.2 Å². The minimum atomic E-state index is -0.691. The van der Waals surface area contributed by atoms with Gasteiger partial charge in [-0.15, -0.1) is 0 Å². The number of nitrogens with one attached hydrogen (secondary N) is 2. The van der Waals surface area contributed by atoms with Gasteiger partial charge in [-0.1, -0.05) is 43.0 Å². The number of nitrogens with zero attached hydrogens (tertiary/aromatic N) is 6. The molecule has 3 aromatic heterocycles. The van der Waals surface area contributed by atoms with Gasteiger partial charge in [-0.05, 0) is 54.6 Å². The molecule has 2 N–H and O–H groups in total. The first-order valence-corrected chi connectivity index (χ1v) is 18.4. The lowest BCUT2D eigenvalue weighted by Crippen LogP contribution is -2.52. The number of hydrogen-bond donors (Lipinski definition) is 2. The van der Waals surface area contributed by atoms with Crippen LogP contribution in [0.1, 0.15) is 82.6 Å². The van der Waals surface area contributed by atoms with Crippen LogP contribution in [0.25, 0.3) is 33.3 Å². The molecule has 55 heavy (non-hydrogen) atoms. The fourth-order valence-corrected chi connectivity index (χ4v) is 7.73. The molecule has 0 bridgehead atoms. The number of amides is 5. The Hall–Kier alpha value is -6.68. The van der Waals surface area contributed by atoms with Gasteiger partial charge in [-0.2, -0.15) is 0 Å². The molecule has 1 saturated heterocycles. The highest BCUT2D eigenvalue weighted by Crippen LogP contribution is 2.36. The van der Waals surface area contributed by atoms with Crippen LogP contribution in [0, 0.1) is 11.8 Å². The van der Waals surface area contributed by atoms with Gasteiger partial charge in [-0.25, -0.2) is 4.98 Å². The molecule has 0 aliphatic carbocycles. The molecule has 13 heteroatoms. The van der Waals surface area contributed by atoms with Crippen LogP contribution in [0.15, 0.2) is 67.0 Å². The number of fused-ring (bicyclic) bond motifs is 3. The van der Waals surface area contributed by atoms with Crippen molar-refractivity contribution in [1.82, 2.24) is 40.0 Å². The van der Waals surface area contributed by atoms with E-state index >= 15 is 0 Å². The highest BCUT2D eigenvalue weighted by molar-refractivity contribution is 6.05.